The molecular weight excluding hydrogens is 414 g/mol. The normalized spacial score (nSPS) is 13.7. The fraction of sp³-hybridized carbons (Fsp3) is 0.120. The van der Waals surface area contributed by atoms with Crippen LogP contribution in [-0.2, 0) is 9.59 Å². The average molecular weight is 434 g/mol. The van der Waals surface area contributed by atoms with E-state index in [1.165, 1.54) is 7.11 Å². The lowest BCUT2D eigenvalue weighted by molar-refractivity contribution is -0.120. The van der Waals surface area contributed by atoms with Crippen molar-refractivity contribution in [1.82, 2.24) is 0 Å². The molecule has 5 nitrogen and oxygen atoms in total. The van der Waals surface area contributed by atoms with E-state index in [-0.39, 0.29) is 17.0 Å². The van der Waals surface area contributed by atoms with Gasteiger partial charge in [0.1, 0.15) is 23.1 Å². The van der Waals surface area contributed by atoms with Crippen LogP contribution in [0.15, 0.2) is 66.4 Å². The molecule has 3 aromatic carbocycles. The van der Waals surface area contributed by atoms with E-state index in [0.717, 1.165) is 23.3 Å². The number of halogens is 2. The number of hydrogen-bond donors (Lipinski definition) is 1. The van der Waals surface area contributed by atoms with Gasteiger partial charge >= 0.3 is 0 Å². The van der Waals surface area contributed by atoms with Crippen LogP contribution < -0.4 is 15.0 Å². The minimum Gasteiger partial charge on any atom is -0.496 e. The Morgan fingerprint density at radius 3 is 2.34 bits per heavy atom. The summed E-state index contributed by atoms with van der Waals surface area (Å²) in [4.78, 5) is 27.6. The van der Waals surface area contributed by atoms with Crippen molar-refractivity contribution >= 4 is 28.8 Å². The second kappa shape index (κ2) is 8.26. The van der Waals surface area contributed by atoms with Gasteiger partial charge in [-0.05, 0) is 43.7 Å². The zero-order chi connectivity index (χ0) is 23.0. The van der Waals surface area contributed by atoms with Crippen LogP contribution in [0.25, 0.3) is 5.57 Å². The SMILES string of the molecule is COc1ccccc1C1=C(Nc2ccc(C)cc2C)C(=O)N(c2ccc(F)cc2F)C1=O. The molecule has 0 aromatic heterocycles. The fourth-order valence-corrected chi connectivity index (χ4v) is 3.72. The van der Waals surface area contributed by atoms with Gasteiger partial charge in [0.15, 0.2) is 0 Å². The lowest BCUT2D eigenvalue weighted by Gasteiger charge is -2.16. The molecule has 0 fully saturated rings. The molecule has 162 valence electrons. The Morgan fingerprint density at radius 2 is 1.66 bits per heavy atom. The molecule has 0 saturated carbocycles. The van der Waals surface area contributed by atoms with Crippen LogP contribution in [-0.4, -0.2) is 18.9 Å². The van der Waals surface area contributed by atoms with Crippen molar-refractivity contribution in [3.05, 3.63) is 94.7 Å². The van der Waals surface area contributed by atoms with E-state index in [1.807, 2.05) is 26.0 Å². The second-order valence-corrected chi connectivity index (χ2v) is 7.44. The topological polar surface area (TPSA) is 58.6 Å². The zero-order valence-electron chi connectivity index (χ0n) is 17.7. The first-order valence-corrected chi connectivity index (χ1v) is 9.87. The summed E-state index contributed by atoms with van der Waals surface area (Å²) in [6, 6.07) is 15.1. The Morgan fingerprint density at radius 1 is 0.906 bits per heavy atom. The molecule has 0 unspecified atom stereocenters. The molecule has 0 spiro atoms. The third-order valence-corrected chi connectivity index (χ3v) is 5.25. The number of nitrogens with zero attached hydrogens (tertiary/aromatic N) is 1. The highest BCUT2D eigenvalue weighted by atomic mass is 19.1. The number of para-hydroxylation sites is 1. The van der Waals surface area contributed by atoms with Gasteiger partial charge in [-0.15, -0.1) is 0 Å². The smallest absolute Gasteiger partial charge is 0.282 e. The Hall–Kier alpha value is -4.00. The van der Waals surface area contributed by atoms with E-state index in [0.29, 0.717) is 28.0 Å². The number of anilines is 2. The molecule has 1 N–H and O–H groups in total. The number of nitrogens with one attached hydrogen (secondary N) is 1. The third-order valence-electron chi connectivity index (χ3n) is 5.25. The Labute approximate surface area is 183 Å². The molecule has 0 bridgehead atoms. The molecule has 7 heteroatoms. The summed E-state index contributed by atoms with van der Waals surface area (Å²) in [6.07, 6.45) is 0. The number of methoxy groups -OCH3 is 1. The molecule has 1 aliphatic heterocycles. The van der Waals surface area contributed by atoms with Gasteiger partial charge in [0.25, 0.3) is 11.8 Å². The molecule has 1 heterocycles. The molecule has 0 saturated heterocycles. The van der Waals surface area contributed by atoms with Crippen LogP contribution >= 0.6 is 0 Å². The molecule has 0 aliphatic carbocycles. The molecular formula is C25H20F2N2O3. The van der Waals surface area contributed by atoms with E-state index >= 15 is 0 Å². The summed E-state index contributed by atoms with van der Waals surface area (Å²) < 4.78 is 33.4. The standard InChI is InChI=1S/C25H20F2N2O3/c1-14-8-10-19(15(2)12-14)28-23-22(17-6-4-5-7-21(17)32-3)24(30)29(25(23)31)20-11-9-16(26)13-18(20)27/h4-13,28H,1-3H3. The lowest BCUT2D eigenvalue weighted by atomic mass is 10.0. The van der Waals surface area contributed by atoms with Crippen molar-refractivity contribution < 1.29 is 23.1 Å². The second-order valence-electron chi connectivity index (χ2n) is 7.44. The maximum atomic E-state index is 14.5. The van der Waals surface area contributed by atoms with E-state index < -0.39 is 23.4 Å². The van der Waals surface area contributed by atoms with Gasteiger partial charge in [0.05, 0.1) is 18.4 Å². The maximum Gasteiger partial charge on any atom is 0.282 e. The highest BCUT2D eigenvalue weighted by molar-refractivity contribution is 6.46. The average Bonchev–Trinajstić information content (AvgIpc) is 2.99. The van der Waals surface area contributed by atoms with Crippen LogP contribution in [0.5, 0.6) is 5.75 Å². The van der Waals surface area contributed by atoms with Crippen molar-refractivity contribution in [3.63, 3.8) is 0 Å². The quantitative estimate of drug-likeness (QED) is 0.575. The number of imide groups is 1. The molecule has 32 heavy (non-hydrogen) atoms. The minimum atomic E-state index is -1.01. The Balaban J connectivity index is 1.89. The largest absolute Gasteiger partial charge is 0.496 e. The van der Waals surface area contributed by atoms with Gasteiger partial charge < -0.3 is 10.1 Å². The number of carbonyl (C=O) groups excluding carboxylic acids is 2. The van der Waals surface area contributed by atoms with Gasteiger partial charge in [-0.2, -0.15) is 0 Å². The van der Waals surface area contributed by atoms with Gasteiger partial charge in [-0.1, -0.05) is 35.9 Å². The molecule has 1 aliphatic rings. The van der Waals surface area contributed by atoms with Gasteiger partial charge in [-0.3, -0.25) is 9.59 Å². The predicted octanol–water partition coefficient (Wildman–Crippen LogP) is 4.99. The summed E-state index contributed by atoms with van der Waals surface area (Å²) in [6.45, 7) is 3.82. The molecule has 0 radical (unpaired) electrons. The summed E-state index contributed by atoms with van der Waals surface area (Å²) in [7, 11) is 1.45. The maximum absolute atomic E-state index is 14.5. The van der Waals surface area contributed by atoms with Crippen LogP contribution in [0.1, 0.15) is 16.7 Å². The van der Waals surface area contributed by atoms with Crippen LogP contribution in [0.2, 0.25) is 0 Å². The Kier molecular flexibility index (Phi) is 5.48. The lowest BCUT2D eigenvalue weighted by Crippen LogP contribution is -2.33. The van der Waals surface area contributed by atoms with Crippen molar-refractivity contribution in [2.24, 2.45) is 0 Å². The number of ether oxygens (including phenoxy) is 1. The number of rotatable bonds is 5. The van der Waals surface area contributed by atoms with Crippen molar-refractivity contribution in [2.75, 3.05) is 17.3 Å². The van der Waals surface area contributed by atoms with E-state index in [4.69, 9.17) is 4.74 Å². The number of hydrogen-bond acceptors (Lipinski definition) is 4. The predicted molar refractivity (Wildman–Crippen MR) is 118 cm³/mol. The van der Waals surface area contributed by atoms with Crippen LogP contribution in [0.4, 0.5) is 20.2 Å². The molecule has 0 atom stereocenters. The molecule has 2 amide bonds. The minimum absolute atomic E-state index is 0.0184. The number of amides is 2. The van der Waals surface area contributed by atoms with Crippen molar-refractivity contribution in [2.45, 2.75) is 13.8 Å². The van der Waals surface area contributed by atoms with Crippen molar-refractivity contribution in [1.29, 1.82) is 0 Å². The number of benzene rings is 3. The summed E-state index contributed by atoms with van der Waals surface area (Å²) in [5.74, 6) is -2.93. The van der Waals surface area contributed by atoms with Gasteiger partial charge in [0.2, 0.25) is 0 Å². The zero-order valence-corrected chi connectivity index (χ0v) is 17.7. The summed E-state index contributed by atoms with van der Waals surface area (Å²) in [5, 5.41) is 3.06. The van der Waals surface area contributed by atoms with Crippen molar-refractivity contribution in [3.8, 4) is 5.75 Å². The number of aryl methyl sites for hydroxylation is 2. The highest BCUT2D eigenvalue weighted by Crippen LogP contribution is 2.38. The Bertz CT molecular complexity index is 1280. The monoisotopic (exact) mass is 434 g/mol. The summed E-state index contributed by atoms with van der Waals surface area (Å²) >= 11 is 0. The van der Waals surface area contributed by atoms with Gasteiger partial charge in [-0.25, -0.2) is 13.7 Å². The third kappa shape index (κ3) is 3.62. The van der Waals surface area contributed by atoms with E-state index in [9.17, 15) is 18.4 Å². The highest BCUT2D eigenvalue weighted by Gasteiger charge is 2.42. The first-order valence-electron chi connectivity index (χ1n) is 9.87. The first-order chi connectivity index (χ1) is 15.3. The molecule has 4 rings (SSSR count). The fourth-order valence-electron chi connectivity index (χ4n) is 3.72. The summed E-state index contributed by atoms with van der Waals surface area (Å²) in [5.41, 5.74) is 2.60. The van der Waals surface area contributed by atoms with E-state index in [2.05, 4.69) is 5.32 Å². The van der Waals surface area contributed by atoms with E-state index in [1.54, 1.807) is 30.3 Å². The van der Waals surface area contributed by atoms with Crippen LogP contribution in [0.3, 0.4) is 0 Å². The number of carbonyl (C=O) groups is 2. The van der Waals surface area contributed by atoms with Crippen LogP contribution in [0, 0.1) is 25.5 Å². The molecule has 3 aromatic rings. The first kappa shape index (κ1) is 21.2. The van der Waals surface area contributed by atoms with Gasteiger partial charge in [0, 0.05) is 17.3 Å².